The minimum atomic E-state index is -0.795. The fourth-order valence-corrected chi connectivity index (χ4v) is 1.82. The zero-order valence-corrected chi connectivity index (χ0v) is 10.9. The Labute approximate surface area is 107 Å². The van der Waals surface area contributed by atoms with Crippen molar-refractivity contribution in [3.63, 3.8) is 0 Å². The van der Waals surface area contributed by atoms with Gasteiger partial charge in [-0.25, -0.2) is 4.39 Å². The zero-order chi connectivity index (χ0) is 13.6. The predicted octanol–water partition coefficient (Wildman–Crippen LogP) is 2.46. The van der Waals surface area contributed by atoms with Crippen LogP contribution in [0.4, 0.5) is 4.39 Å². The highest BCUT2D eigenvalue weighted by molar-refractivity contribution is 5.67. The lowest BCUT2D eigenvalue weighted by atomic mass is 9.89. The maximum Gasteiger partial charge on any atom is 0.303 e. The van der Waals surface area contributed by atoms with Crippen molar-refractivity contribution in [2.24, 2.45) is 5.41 Å². The number of carbonyl (C=O) groups is 1. The second-order valence-electron chi connectivity index (χ2n) is 5.25. The topological polar surface area (TPSA) is 49.3 Å². The predicted molar refractivity (Wildman–Crippen MR) is 69.0 cm³/mol. The van der Waals surface area contributed by atoms with Gasteiger partial charge in [-0.2, -0.15) is 0 Å². The third-order valence-electron chi connectivity index (χ3n) is 2.76. The van der Waals surface area contributed by atoms with Crippen molar-refractivity contribution in [1.29, 1.82) is 0 Å². The number of carboxylic acid groups (broad SMARTS) is 1. The monoisotopic (exact) mass is 253 g/mol. The maximum atomic E-state index is 13.3. The second kappa shape index (κ2) is 6.50. The van der Waals surface area contributed by atoms with E-state index in [0.29, 0.717) is 25.1 Å². The van der Waals surface area contributed by atoms with Crippen LogP contribution in [0.1, 0.15) is 25.8 Å². The van der Waals surface area contributed by atoms with E-state index in [-0.39, 0.29) is 17.7 Å². The Kier molecular flexibility index (Phi) is 5.28. The number of hydrogen-bond donors (Lipinski definition) is 2. The van der Waals surface area contributed by atoms with Crippen LogP contribution in [-0.2, 0) is 11.2 Å². The van der Waals surface area contributed by atoms with Gasteiger partial charge < -0.3 is 10.4 Å². The number of rotatable bonds is 7. The van der Waals surface area contributed by atoms with Crippen molar-refractivity contribution in [2.45, 2.75) is 26.7 Å². The largest absolute Gasteiger partial charge is 0.481 e. The van der Waals surface area contributed by atoms with Gasteiger partial charge in [0.15, 0.2) is 0 Å². The first-order valence-electron chi connectivity index (χ1n) is 6.07. The van der Waals surface area contributed by atoms with Crippen LogP contribution in [0, 0.1) is 11.2 Å². The molecule has 1 rings (SSSR count). The number of hydrogen-bond acceptors (Lipinski definition) is 2. The standard InChI is InChI=1S/C14H20FNO2/c1-14(2,9-13(17)18)10-16-8-7-11-5-3-4-6-12(11)15/h3-6,16H,7-10H2,1-2H3,(H,17,18). The third-order valence-corrected chi connectivity index (χ3v) is 2.76. The highest BCUT2D eigenvalue weighted by atomic mass is 19.1. The molecular formula is C14H20FNO2. The summed E-state index contributed by atoms with van der Waals surface area (Å²) >= 11 is 0. The molecule has 0 unspecified atom stereocenters. The first-order valence-corrected chi connectivity index (χ1v) is 6.07. The molecule has 4 heteroatoms. The minimum absolute atomic E-state index is 0.125. The summed E-state index contributed by atoms with van der Waals surface area (Å²) in [5.41, 5.74) is 0.391. The molecule has 0 bridgehead atoms. The fourth-order valence-electron chi connectivity index (χ4n) is 1.82. The van der Waals surface area contributed by atoms with E-state index in [1.807, 2.05) is 19.9 Å². The molecule has 3 nitrogen and oxygen atoms in total. The van der Waals surface area contributed by atoms with Gasteiger partial charge in [-0.1, -0.05) is 32.0 Å². The molecule has 0 fully saturated rings. The lowest BCUT2D eigenvalue weighted by Gasteiger charge is -2.22. The summed E-state index contributed by atoms with van der Waals surface area (Å²) in [6.45, 7) is 5.05. The van der Waals surface area contributed by atoms with E-state index in [2.05, 4.69) is 5.32 Å². The van der Waals surface area contributed by atoms with Crippen LogP contribution in [0.3, 0.4) is 0 Å². The van der Waals surface area contributed by atoms with Crippen molar-refractivity contribution in [1.82, 2.24) is 5.32 Å². The molecule has 1 aromatic carbocycles. The van der Waals surface area contributed by atoms with E-state index in [1.54, 1.807) is 12.1 Å². The Hall–Kier alpha value is -1.42. The number of aliphatic carboxylic acids is 1. The van der Waals surface area contributed by atoms with Crippen molar-refractivity contribution in [3.8, 4) is 0 Å². The molecule has 0 heterocycles. The van der Waals surface area contributed by atoms with Gasteiger partial charge in [0.05, 0.1) is 6.42 Å². The highest BCUT2D eigenvalue weighted by Crippen LogP contribution is 2.18. The molecule has 0 aromatic heterocycles. The van der Waals surface area contributed by atoms with Crippen LogP contribution in [0.15, 0.2) is 24.3 Å². The van der Waals surface area contributed by atoms with Crippen LogP contribution in [0.5, 0.6) is 0 Å². The Balaban J connectivity index is 2.31. The lowest BCUT2D eigenvalue weighted by molar-refractivity contribution is -0.139. The first-order chi connectivity index (χ1) is 8.41. The summed E-state index contributed by atoms with van der Waals surface area (Å²) in [5.74, 6) is -0.986. The minimum Gasteiger partial charge on any atom is -0.481 e. The summed E-state index contributed by atoms with van der Waals surface area (Å²) in [5, 5.41) is 11.9. The number of nitrogens with one attached hydrogen (secondary N) is 1. The molecule has 0 atom stereocenters. The van der Waals surface area contributed by atoms with E-state index in [0.717, 1.165) is 0 Å². The van der Waals surface area contributed by atoms with E-state index in [4.69, 9.17) is 5.11 Å². The van der Waals surface area contributed by atoms with Gasteiger partial charge in [0.25, 0.3) is 0 Å². The molecule has 0 aliphatic heterocycles. The molecule has 100 valence electrons. The smallest absolute Gasteiger partial charge is 0.303 e. The number of benzene rings is 1. The van der Waals surface area contributed by atoms with E-state index >= 15 is 0 Å². The molecule has 1 aromatic rings. The van der Waals surface area contributed by atoms with Crippen molar-refractivity contribution >= 4 is 5.97 Å². The van der Waals surface area contributed by atoms with Crippen molar-refractivity contribution < 1.29 is 14.3 Å². The molecular weight excluding hydrogens is 233 g/mol. The Morgan fingerprint density at radius 3 is 2.67 bits per heavy atom. The maximum absolute atomic E-state index is 13.3. The Morgan fingerprint density at radius 1 is 1.39 bits per heavy atom. The molecule has 18 heavy (non-hydrogen) atoms. The van der Waals surface area contributed by atoms with E-state index in [1.165, 1.54) is 6.07 Å². The van der Waals surface area contributed by atoms with Crippen molar-refractivity contribution in [2.75, 3.05) is 13.1 Å². The van der Waals surface area contributed by atoms with Crippen LogP contribution >= 0.6 is 0 Å². The first kappa shape index (κ1) is 14.6. The van der Waals surface area contributed by atoms with Gasteiger partial charge in [0.2, 0.25) is 0 Å². The van der Waals surface area contributed by atoms with E-state index < -0.39 is 5.97 Å². The average Bonchev–Trinajstić information content (AvgIpc) is 2.25. The van der Waals surface area contributed by atoms with Crippen LogP contribution in [0.25, 0.3) is 0 Å². The summed E-state index contributed by atoms with van der Waals surface area (Å²) in [6, 6.07) is 6.69. The van der Waals surface area contributed by atoms with Gasteiger partial charge in [-0.15, -0.1) is 0 Å². The molecule has 0 saturated heterocycles. The van der Waals surface area contributed by atoms with Gasteiger partial charge in [0, 0.05) is 6.54 Å². The van der Waals surface area contributed by atoms with Crippen molar-refractivity contribution in [3.05, 3.63) is 35.6 Å². The molecule has 0 amide bonds. The fraction of sp³-hybridized carbons (Fsp3) is 0.500. The number of carboxylic acids is 1. The Bertz CT molecular complexity index is 405. The quantitative estimate of drug-likeness (QED) is 0.734. The summed E-state index contributed by atoms with van der Waals surface area (Å²) in [6.07, 6.45) is 0.732. The van der Waals surface area contributed by atoms with E-state index in [9.17, 15) is 9.18 Å². The van der Waals surface area contributed by atoms with Gasteiger partial charge in [-0.3, -0.25) is 4.79 Å². The lowest BCUT2D eigenvalue weighted by Crippen LogP contribution is -2.32. The molecule has 0 radical (unpaired) electrons. The molecule has 0 aliphatic rings. The normalized spacial score (nSPS) is 11.5. The molecule has 0 saturated carbocycles. The highest BCUT2D eigenvalue weighted by Gasteiger charge is 2.20. The number of halogens is 1. The zero-order valence-electron chi connectivity index (χ0n) is 10.9. The van der Waals surface area contributed by atoms with Gasteiger partial charge in [-0.05, 0) is 30.0 Å². The van der Waals surface area contributed by atoms with Crippen LogP contribution < -0.4 is 5.32 Å². The summed E-state index contributed by atoms with van der Waals surface area (Å²) in [4.78, 5) is 10.6. The molecule has 0 aliphatic carbocycles. The third kappa shape index (κ3) is 5.27. The van der Waals surface area contributed by atoms with Gasteiger partial charge in [0.1, 0.15) is 5.82 Å². The summed E-state index contributed by atoms with van der Waals surface area (Å²) in [7, 11) is 0. The van der Waals surface area contributed by atoms with Crippen LogP contribution in [0.2, 0.25) is 0 Å². The Morgan fingerprint density at radius 2 is 2.06 bits per heavy atom. The molecule has 2 N–H and O–H groups in total. The SMILES string of the molecule is CC(C)(CNCCc1ccccc1F)CC(=O)O. The molecule has 0 spiro atoms. The van der Waals surface area contributed by atoms with Crippen LogP contribution in [-0.4, -0.2) is 24.2 Å². The second-order valence-corrected chi connectivity index (χ2v) is 5.25. The van der Waals surface area contributed by atoms with Gasteiger partial charge >= 0.3 is 5.97 Å². The average molecular weight is 253 g/mol. The summed E-state index contributed by atoms with van der Waals surface area (Å²) < 4.78 is 13.3.